The number of carbonyl (C=O) groups is 1. The third-order valence-electron chi connectivity index (χ3n) is 4.02. The standard InChI is InChI=1S/C19H16N2O/c22-18(15-9-5-2-6-10-15)19-20-13-17(21(19)16-11-12-16)14-7-3-1-4-8-14/h1-10,13,16H,11-12H2. The van der Waals surface area contributed by atoms with E-state index in [4.69, 9.17) is 0 Å². The molecule has 1 aliphatic rings. The van der Waals surface area contributed by atoms with Crippen LogP contribution in [0.3, 0.4) is 0 Å². The summed E-state index contributed by atoms with van der Waals surface area (Å²) in [6, 6.07) is 19.9. The summed E-state index contributed by atoms with van der Waals surface area (Å²) >= 11 is 0. The number of hydrogen-bond acceptors (Lipinski definition) is 2. The fourth-order valence-corrected chi connectivity index (χ4v) is 2.77. The van der Waals surface area contributed by atoms with Crippen LogP contribution in [0.15, 0.2) is 66.9 Å². The maximum Gasteiger partial charge on any atom is 0.228 e. The van der Waals surface area contributed by atoms with Gasteiger partial charge in [0.05, 0.1) is 11.9 Å². The topological polar surface area (TPSA) is 34.9 Å². The zero-order chi connectivity index (χ0) is 14.9. The lowest BCUT2D eigenvalue weighted by Crippen LogP contribution is -2.11. The van der Waals surface area contributed by atoms with Gasteiger partial charge < -0.3 is 4.57 Å². The van der Waals surface area contributed by atoms with E-state index in [2.05, 4.69) is 21.7 Å². The third-order valence-corrected chi connectivity index (χ3v) is 4.02. The first kappa shape index (κ1) is 13.0. The molecule has 1 saturated carbocycles. The average Bonchev–Trinajstić information content (AvgIpc) is 3.34. The number of imidazole rings is 1. The minimum Gasteiger partial charge on any atom is -0.318 e. The highest BCUT2D eigenvalue weighted by Gasteiger charge is 2.31. The van der Waals surface area contributed by atoms with Gasteiger partial charge in [-0.1, -0.05) is 60.7 Å². The second-order valence-corrected chi connectivity index (χ2v) is 5.63. The maximum absolute atomic E-state index is 12.8. The van der Waals surface area contributed by atoms with E-state index in [-0.39, 0.29) is 5.78 Å². The Bertz CT molecular complexity index is 802. The van der Waals surface area contributed by atoms with Gasteiger partial charge in [0.1, 0.15) is 0 Å². The average molecular weight is 288 g/mol. The molecule has 1 heterocycles. The lowest BCUT2D eigenvalue weighted by atomic mass is 10.1. The molecule has 3 nitrogen and oxygen atoms in total. The van der Waals surface area contributed by atoms with E-state index in [1.807, 2.05) is 54.7 Å². The Kier molecular flexibility index (Phi) is 3.11. The van der Waals surface area contributed by atoms with Crippen LogP contribution in [0.25, 0.3) is 11.3 Å². The number of rotatable bonds is 4. The van der Waals surface area contributed by atoms with Crippen LogP contribution in [0, 0.1) is 0 Å². The number of hydrogen-bond donors (Lipinski definition) is 0. The van der Waals surface area contributed by atoms with Gasteiger partial charge in [-0.15, -0.1) is 0 Å². The Morgan fingerprint density at radius 1 is 0.955 bits per heavy atom. The SMILES string of the molecule is O=C(c1ccccc1)c1ncc(-c2ccccc2)n1C1CC1. The van der Waals surface area contributed by atoms with E-state index in [0.29, 0.717) is 17.4 Å². The van der Waals surface area contributed by atoms with E-state index >= 15 is 0 Å². The van der Waals surface area contributed by atoms with Crippen molar-refractivity contribution in [1.29, 1.82) is 0 Å². The molecule has 0 unspecified atom stereocenters. The molecule has 2 aromatic carbocycles. The van der Waals surface area contributed by atoms with E-state index < -0.39 is 0 Å². The number of ketones is 1. The molecule has 1 aromatic heterocycles. The van der Waals surface area contributed by atoms with Crippen LogP contribution < -0.4 is 0 Å². The Morgan fingerprint density at radius 2 is 1.59 bits per heavy atom. The molecule has 0 bridgehead atoms. The van der Waals surface area contributed by atoms with Crippen LogP contribution in [0.2, 0.25) is 0 Å². The van der Waals surface area contributed by atoms with E-state index in [0.717, 1.165) is 24.1 Å². The highest BCUT2D eigenvalue weighted by molar-refractivity contribution is 6.07. The summed E-state index contributed by atoms with van der Waals surface area (Å²) in [5.74, 6) is 0.544. The molecule has 22 heavy (non-hydrogen) atoms. The molecular formula is C19H16N2O. The summed E-state index contributed by atoms with van der Waals surface area (Å²) in [5.41, 5.74) is 2.83. The van der Waals surface area contributed by atoms with Crippen molar-refractivity contribution in [3.8, 4) is 11.3 Å². The van der Waals surface area contributed by atoms with Crippen molar-refractivity contribution in [2.45, 2.75) is 18.9 Å². The third kappa shape index (κ3) is 2.25. The lowest BCUT2D eigenvalue weighted by molar-refractivity contribution is 0.102. The van der Waals surface area contributed by atoms with Crippen molar-refractivity contribution in [2.24, 2.45) is 0 Å². The predicted octanol–water partition coefficient (Wildman–Crippen LogP) is 4.12. The second-order valence-electron chi connectivity index (χ2n) is 5.63. The predicted molar refractivity (Wildman–Crippen MR) is 85.8 cm³/mol. The minimum atomic E-state index is -0.00492. The molecule has 0 radical (unpaired) electrons. The summed E-state index contributed by atoms with van der Waals surface area (Å²) in [6.45, 7) is 0. The Balaban J connectivity index is 1.81. The molecule has 4 rings (SSSR count). The molecule has 0 amide bonds. The van der Waals surface area contributed by atoms with Gasteiger partial charge in [0.15, 0.2) is 5.82 Å². The van der Waals surface area contributed by atoms with Crippen molar-refractivity contribution in [3.05, 3.63) is 78.2 Å². The summed E-state index contributed by atoms with van der Waals surface area (Å²) in [6.07, 6.45) is 4.06. The van der Waals surface area contributed by atoms with Gasteiger partial charge in [-0.3, -0.25) is 4.79 Å². The van der Waals surface area contributed by atoms with Crippen LogP contribution in [-0.2, 0) is 0 Å². The normalized spacial score (nSPS) is 14.0. The van der Waals surface area contributed by atoms with Crippen molar-refractivity contribution in [2.75, 3.05) is 0 Å². The van der Waals surface area contributed by atoms with Crippen LogP contribution in [0.4, 0.5) is 0 Å². The number of aromatic nitrogens is 2. The molecule has 0 aliphatic heterocycles. The molecular weight excluding hydrogens is 272 g/mol. The monoisotopic (exact) mass is 288 g/mol. The Labute approximate surface area is 129 Å². The Hall–Kier alpha value is -2.68. The molecule has 0 saturated heterocycles. The van der Waals surface area contributed by atoms with Crippen LogP contribution in [-0.4, -0.2) is 15.3 Å². The number of benzene rings is 2. The van der Waals surface area contributed by atoms with Gasteiger partial charge in [0, 0.05) is 11.6 Å². The zero-order valence-electron chi connectivity index (χ0n) is 12.1. The molecule has 108 valence electrons. The first-order valence-corrected chi connectivity index (χ1v) is 7.57. The van der Waals surface area contributed by atoms with Crippen LogP contribution >= 0.6 is 0 Å². The van der Waals surface area contributed by atoms with Gasteiger partial charge in [-0.25, -0.2) is 4.98 Å². The molecule has 1 aliphatic carbocycles. The molecule has 3 heteroatoms. The molecule has 1 fully saturated rings. The van der Waals surface area contributed by atoms with Crippen molar-refractivity contribution < 1.29 is 4.79 Å². The van der Waals surface area contributed by atoms with Gasteiger partial charge >= 0.3 is 0 Å². The number of carbonyl (C=O) groups excluding carboxylic acids is 1. The zero-order valence-corrected chi connectivity index (χ0v) is 12.1. The smallest absolute Gasteiger partial charge is 0.228 e. The summed E-state index contributed by atoms with van der Waals surface area (Å²) < 4.78 is 2.12. The molecule has 3 aromatic rings. The van der Waals surface area contributed by atoms with Gasteiger partial charge in [-0.05, 0) is 18.4 Å². The first-order valence-electron chi connectivity index (χ1n) is 7.57. The molecule has 0 N–H and O–H groups in total. The minimum absolute atomic E-state index is 0.00492. The summed E-state index contributed by atoms with van der Waals surface area (Å²) in [7, 11) is 0. The van der Waals surface area contributed by atoms with Gasteiger partial charge in [-0.2, -0.15) is 0 Å². The number of nitrogens with zero attached hydrogens (tertiary/aromatic N) is 2. The largest absolute Gasteiger partial charge is 0.318 e. The van der Waals surface area contributed by atoms with Gasteiger partial charge in [0.2, 0.25) is 5.78 Å². The highest BCUT2D eigenvalue weighted by Crippen LogP contribution is 2.40. The molecule has 0 atom stereocenters. The fraction of sp³-hybridized carbons (Fsp3) is 0.158. The van der Waals surface area contributed by atoms with Crippen molar-refractivity contribution >= 4 is 5.78 Å². The van der Waals surface area contributed by atoms with Crippen LogP contribution in [0.1, 0.15) is 35.1 Å². The summed E-state index contributed by atoms with van der Waals surface area (Å²) in [5, 5.41) is 0. The van der Waals surface area contributed by atoms with E-state index in [1.165, 1.54) is 0 Å². The Morgan fingerprint density at radius 3 is 2.23 bits per heavy atom. The highest BCUT2D eigenvalue weighted by atomic mass is 16.1. The quantitative estimate of drug-likeness (QED) is 0.677. The summed E-state index contributed by atoms with van der Waals surface area (Å²) in [4.78, 5) is 17.2. The van der Waals surface area contributed by atoms with Crippen molar-refractivity contribution in [3.63, 3.8) is 0 Å². The fourth-order valence-electron chi connectivity index (χ4n) is 2.77. The maximum atomic E-state index is 12.8. The first-order chi connectivity index (χ1) is 10.8. The van der Waals surface area contributed by atoms with Crippen LogP contribution in [0.5, 0.6) is 0 Å². The molecule has 0 spiro atoms. The van der Waals surface area contributed by atoms with Crippen molar-refractivity contribution in [1.82, 2.24) is 9.55 Å². The van der Waals surface area contributed by atoms with E-state index in [9.17, 15) is 4.79 Å². The van der Waals surface area contributed by atoms with E-state index in [1.54, 1.807) is 0 Å². The lowest BCUT2D eigenvalue weighted by Gasteiger charge is -2.10. The van der Waals surface area contributed by atoms with Gasteiger partial charge in [0.25, 0.3) is 0 Å². The second kappa shape index (κ2) is 5.26.